The first-order valence-corrected chi connectivity index (χ1v) is 3.89. The molecule has 0 aromatic heterocycles. The molecule has 0 atom stereocenters. The van der Waals surface area contributed by atoms with Gasteiger partial charge in [0.05, 0.1) is 5.97 Å². The predicted octanol–water partition coefficient (Wildman–Crippen LogP) is -2.79. The minimum absolute atomic E-state index is 0.0648. The van der Waals surface area contributed by atoms with Gasteiger partial charge in [0.25, 0.3) is 0 Å². The molecular formula is C9H13O6-3. The monoisotopic (exact) mass is 217 g/mol. The average Bonchev–Trinajstić information content (AvgIpc) is 2.04. The molecule has 0 N–H and O–H groups in total. The first kappa shape index (κ1) is 18.8. The third-order valence-electron chi connectivity index (χ3n) is 0.637. The Hall–Kier alpha value is -1.85. The van der Waals surface area contributed by atoms with Crippen LogP contribution in [0.5, 0.6) is 0 Å². The van der Waals surface area contributed by atoms with Gasteiger partial charge in [0.2, 0.25) is 0 Å². The van der Waals surface area contributed by atoms with Crippen LogP contribution in [0.4, 0.5) is 0 Å². The summed E-state index contributed by atoms with van der Waals surface area (Å²) in [5.74, 6) is -3.26. The number of carbonyl (C=O) groups is 3. The normalized spacial score (nSPS) is 7.13. The Morgan fingerprint density at radius 2 is 1.20 bits per heavy atom. The van der Waals surface area contributed by atoms with Gasteiger partial charge in [0, 0.05) is 11.9 Å². The van der Waals surface area contributed by atoms with Crippen molar-refractivity contribution in [1.29, 1.82) is 0 Å². The maximum atomic E-state index is 9.49. The van der Waals surface area contributed by atoms with Crippen molar-refractivity contribution in [3.63, 3.8) is 0 Å². The SMILES string of the molecule is C=C(C)C(=O)[O-].CC(=O)[O-].CCC(=O)[O-]. The molecule has 0 spiro atoms. The molecule has 0 aliphatic rings. The van der Waals surface area contributed by atoms with Crippen LogP contribution in [0.2, 0.25) is 0 Å². The number of carboxylic acids is 3. The molecule has 0 aliphatic carbocycles. The summed E-state index contributed by atoms with van der Waals surface area (Å²) in [7, 11) is 0. The van der Waals surface area contributed by atoms with Crippen molar-refractivity contribution in [3.8, 4) is 0 Å². The summed E-state index contributed by atoms with van der Waals surface area (Å²) in [6, 6.07) is 0. The lowest BCUT2D eigenvalue weighted by Crippen LogP contribution is -2.22. The number of carboxylic acid groups (broad SMARTS) is 3. The molecule has 0 aliphatic heterocycles. The minimum atomic E-state index is -1.19. The van der Waals surface area contributed by atoms with Gasteiger partial charge in [-0.05, 0) is 25.8 Å². The second kappa shape index (κ2) is 12.2. The van der Waals surface area contributed by atoms with Crippen LogP contribution in [0.15, 0.2) is 12.2 Å². The highest BCUT2D eigenvalue weighted by molar-refractivity contribution is 5.82. The largest absolute Gasteiger partial charge is 0.550 e. The first-order valence-electron chi connectivity index (χ1n) is 3.89. The molecule has 0 fully saturated rings. The Morgan fingerprint density at radius 1 is 1.07 bits per heavy atom. The Morgan fingerprint density at radius 3 is 1.20 bits per heavy atom. The minimum Gasteiger partial charge on any atom is -0.550 e. The summed E-state index contributed by atoms with van der Waals surface area (Å²) in [5.41, 5.74) is 0.0648. The maximum Gasteiger partial charge on any atom is 0.0666 e. The smallest absolute Gasteiger partial charge is 0.0666 e. The summed E-state index contributed by atoms with van der Waals surface area (Å²) in [5, 5.41) is 27.6. The highest BCUT2D eigenvalue weighted by atomic mass is 16.4. The fourth-order valence-electron chi connectivity index (χ4n) is 0. The summed E-state index contributed by atoms with van der Waals surface area (Å²) in [6.07, 6.45) is 0.111. The van der Waals surface area contributed by atoms with E-state index in [1.54, 1.807) is 0 Å². The molecule has 0 unspecified atom stereocenters. The number of aliphatic carboxylic acids is 3. The highest BCUT2D eigenvalue weighted by Gasteiger charge is 1.76. The average molecular weight is 217 g/mol. The van der Waals surface area contributed by atoms with E-state index in [0.717, 1.165) is 6.92 Å². The lowest BCUT2D eigenvalue weighted by atomic mass is 10.4. The first-order chi connectivity index (χ1) is 6.64. The second-order valence-corrected chi connectivity index (χ2v) is 2.28. The zero-order valence-corrected chi connectivity index (χ0v) is 8.86. The van der Waals surface area contributed by atoms with Gasteiger partial charge in [-0.25, -0.2) is 0 Å². The molecule has 0 aromatic carbocycles. The van der Waals surface area contributed by atoms with Crippen molar-refractivity contribution in [2.75, 3.05) is 0 Å². The quantitative estimate of drug-likeness (QED) is 0.461. The molecule has 0 rings (SSSR count). The van der Waals surface area contributed by atoms with Crippen LogP contribution in [-0.4, -0.2) is 17.9 Å². The van der Waals surface area contributed by atoms with Crippen LogP contribution in [-0.2, 0) is 14.4 Å². The van der Waals surface area contributed by atoms with Crippen molar-refractivity contribution >= 4 is 17.9 Å². The van der Waals surface area contributed by atoms with Gasteiger partial charge < -0.3 is 29.7 Å². The molecule has 0 bridgehead atoms. The van der Waals surface area contributed by atoms with Crippen LogP contribution >= 0.6 is 0 Å². The zero-order valence-electron chi connectivity index (χ0n) is 8.86. The molecular weight excluding hydrogens is 204 g/mol. The van der Waals surface area contributed by atoms with Gasteiger partial charge in [-0.2, -0.15) is 0 Å². The van der Waals surface area contributed by atoms with Gasteiger partial charge in [0.15, 0.2) is 0 Å². The molecule has 6 heteroatoms. The fourth-order valence-corrected chi connectivity index (χ4v) is 0. The number of rotatable bonds is 2. The number of carbonyl (C=O) groups excluding carboxylic acids is 3. The molecule has 0 saturated carbocycles. The topological polar surface area (TPSA) is 120 Å². The number of hydrogen-bond donors (Lipinski definition) is 0. The summed E-state index contributed by atoms with van der Waals surface area (Å²) >= 11 is 0. The maximum absolute atomic E-state index is 9.49. The fraction of sp³-hybridized carbons (Fsp3) is 0.444. The molecule has 0 saturated heterocycles. The summed E-state index contributed by atoms with van der Waals surface area (Å²) < 4.78 is 0. The van der Waals surface area contributed by atoms with Crippen molar-refractivity contribution in [3.05, 3.63) is 12.2 Å². The second-order valence-electron chi connectivity index (χ2n) is 2.28. The van der Waals surface area contributed by atoms with Gasteiger partial charge in [0.1, 0.15) is 0 Å². The lowest BCUT2D eigenvalue weighted by molar-refractivity contribution is -0.305. The lowest BCUT2D eigenvalue weighted by Gasteiger charge is -1.93. The van der Waals surface area contributed by atoms with Gasteiger partial charge in [-0.3, -0.25) is 0 Å². The van der Waals surface area contributed by atoms with E-state index in [1.165, 1.54) is 13.8 Å². The predicted molar refractivity (Wildman–Crippen MR) is 45.8 cm³/mol. The Balaban J connectivity index is -0.000000147. The third kappa shape index (κ3) is 72.7. The molecule has 0 aromatic rings. The van der Waals surface area contributed by atoms with E-state index >= 15 is 0 Å². The Bertz CT molecular complexity index is 215. The number of hydrogen-bond acceptors (Lipinski definition) is 6. The Labute approximate surface area is 87.8 Å². The van der Waals surface area contributed by atoms with E-state index < -0.39 is 17.9 Å². The van der Waals surface area contributed by atoms with Gasteiger partial charge >= 0.3 is 0 Å². The summed E-state index contributed by atoms with van der Waals surface area (Å²) in [4.78, 5) is 27.6. The summed E-state index contributed by atoms with van der Waals surface area (Å²) in [6.45, 7) is 6.99. The molecule has 0 heterocycles. The molecule has 6 nitrogen and oxygen atoms in total. The van der Waals surface area contributed by atoms with Crippen molar-refractivity contribution < 1.29 is 29.7 Å². The zero-order chi connectivity index (χ0) is 13.0. The van der Waals surface area contributed by atoms with E-state index in [9.17, 15) is 19.8 Å². The standard InChI is InChI=1S/C4H6O2.C3H6O2.C2H4O2/c1-3(2)4(5)6;1-2-3(4)5;1-2(3)4/h1H2,2H3,(H,5,6);2H2,1H3,(H,4,5);1H3,(H,3,4)/p-3. The Kier molecular flexibility index (Phi) is 15.3. The van der Waals surface area contributed by atoms with E-state index in [1.807, 2.05) is 0 Å². The van der Waals surface area contributed by atoms with E-state index in [2.05, 4.69) is 6.58 Å². The van der Waals surface area contributed by atoms with Gasteiger partial charge in [-0.1, -0.05) is 13.5 Å². The van der Waals surface area contributed by atoms with Crippen LogP contribution in [0, 0.1) is 0 Å². The van der Waals surface area contributed by atoms with Crippen molar-refractivity contribution in [1.82, 2.24) is 0 Å². The van der Waals surface area contributed by atoms with E-state index in [0.29, 0.717) is 0 Å². The van der Waals surface area contributed by atoms with Crippen LogP contribution in [0.1, 0.15) is 27.2 Å². The van der Waals surface area contributed by atoms with Crippen molar-refractivity contribution in [2.45, 2.75) is 27.2 Å². The molecule has 15 heavy (non-hydrogen) atoms. The van der Waals surface area contributed by atoms with Crippen molar-refractivity contribution in [2.24, 2.45) is 0 Å². The van der Waals surface area contributed by atoms with Crippen LogP contribution in [0.25, 0.3) is 0 Å². The van der Waals surface area contributed by atoms with E-state index in [4.69, 9.17) is 9.90 Å². The van der Waals surface area contributed by atoms with Crippen LogP contribution < -0.4 is 15.3 Å². The van der Waals surface area contributed by atoms with E-state index in [-0.39, 0.29) is 12.0 Å². The molecule has 0 radical (unpaired) electrons. The molecule has 0 amide bonds. The molecule has 88 valence electrons. The van der Waals surface area contributed by atoms with Crippen LogP contribution in [0.3, 0.4) is 0 Å². The van der Waals surface area contributed by atoms with Gasteiger partial charge in [-0.15, -0.1) is 0 Å². The third-order valence-corrected chi connectivity index (χ3v) is 0.637. The highest BCUT2D eigenvalue weighted by Crippen LogP contribution is 1.77.